The highest BCUT2D eigenvalue weighted by Crippen LogP contribution is 2.26. The first-order chi connectivity index (χ1) is 4.61. The minimum Gasteiger partial charge on any atom is -0.508 e. The number of nitrogen functional groups attached to an aromatic ring is 1. The Kier molecular flexibility index (Phi) is 1.68. The number of hydrogen-bond acceptors (Lipinski definition) is 2. The Labute approximate surface area is 62.0 Å². The van der Waals surface area contributed by atoms with Crippen LogP contribution in [0.4, 0.5) is 10.1 Å². The molecule has 0 aliphatic heterocycles. The zero-order valence-corrected chi connectivity index (χ0v) is 5.69. The topological polar surface area (TPSA) is 46.2 Å². The van der Waals surface area contributed by atoms with E-state index in [-0.39, 0.29) is 16.5 Å². The smallest absolute Gasteiger partial charge is 0.151 e. The second-order valence-electron chi connectivity index (χ2n) is 1.82. The molecule has 0 amide bonds. The molecule has 0 aliphatic carbocycles. The molecule has 4 heteroatoms. The molecule has 0 atom stereocenters. The van der Waals surface area contributed by atoms with Crippen LogP contribution >= 0.6 is 11.6 Å². The Hall–Kier alpha value is -0.960. The third-order valence-corrected chi connectivity index (χ3v) is 1.38. The van der Waals surface area contributed by atoms with Crippen molar-refractivity contribution in [1.82, 2.24) is 0 Å². The molecule has 0 unspecified atom stereocenters. The number of rotatable bonds is 0. The van der Waals surface area contributed by atoms with E-state index in [9.17, 15) is 4.39 Å². The van der Waals surface area contributed by atoms with Gasteiger partial charge >= 0.3 is 0 Å². The van der Waals surface area contributed by atoms with E-state index in [2.05, 4.69) is 0 Å². The maximum Gasteiger partial charge on any atom is 0.151 e. The lowest BCUT2D eigenvalue weighted by Gasteiger charge is -1.98. The first-order valence-electron chi connectivity index (χ1n) is 2.54. The summed E-state index contributed by atoms with van der Waals surface area (Å²) in [5, 5.41) is 8.76. The number of hydrogen-bond donors (Lipinski definition) is 2. The summed E-state index contributed by atoms with van der Waals surface area (Å²) in [6.45, 7) is 0. The van der Waals surface area contributed by atoms with E-state index in [0.29, 0.717) is 0 Å². The molecular formula is C6H5ClFNO. The van der Waals surface area contributed by atoms with Crippen LogP contribution in [-0.2, 0) is 0 Å². The molecule has 3 N–H and O–H groups in total. The zero-order chi connectivity index (χ0) is 7.72. The van der Waals surface area contributed by atoms with Gasteiger partial charge in [-0.05, 0) is 0 Å². The summed E-state index contributed by atoms with van der Waals surface area (Å²) in [6.07, 6.45) is 0. The summed E-state index contributed by atoms with van der Waals surface area (Å²) in [5.41, 5.74) is 4.99. The van der Waals surface area contributed by atoms with Crippen molar-refractivity contribution in [2.75, 3.05) is 5.73 Å². The van der Waals surface area contributed by atoms with Crippen LogP contribution in [0.2, 0.25) is 5.02 Å². The number of halogens is 2. The Bertz CT molecular complexity index is 241. The predicted octanol–water partition coefficient (Wildman–Crippen LogP) is 1.77. The first-order valence-corrected chi connectivity index (χ1v) is 2.92. The molecule has 0 aromatic heterocycles. The van der Waals surface area contributed by atoms with Gasteiger partial charge in [-0.25, -0.2) is 4.39 Å². The quantitative estimate of drug-likeness (QED) is 0.450. The average Bonchev–Trinajstić information content (AvgIpc) is 1.82. The van der Waals surface area contributed by atoms with E-state index in [0.717, 1.165) is 6.07 Å². The third-order valence-electron chi connectivity index (χ3n) is 1.06. The van der Waals surface area contributed by atoms with Gasteiger partial charge in [-0.15, -0.1) is 0 Å². The van der Waals surface area contributed by atoms with Gasteiger partial charge in [-0.2, -0.15) is 0 Å². The lowest BCUT2D eigenvalue weighted by molar-refractivity contribution is 0.469. The normalized spacial score (nSPS) is 9.80. The van der Waals surface area contributed by atoms with Gasteiger partial charge in [0.1, 0.15) is 5.75 Å². The van der Waals surface area contributed by atoms with Crippen LogP contribution < -0.4 is 5.73 Å². The number of phenolic OH excluding ortho intramolecular Hbond substituents is 1. The van der Waals surface area contributed by atoms with Gasteiger partial charge in [0.05, 0.1) is 10.7 Å². The summed E-state index contributed by atoms with van der Waals surface area (Å²) in [6, 6.07) is 2.08. The maximum absolute atomic E-state index is 12.5. The highest BCUT2D eigenvalue weighted by Gasteiger charge is 2.03. The molecule has 0 bridgehead atoms. The van der Waals surface area contributed by atoms with Crippen LogP contribution in [0.5, 0.6) is 5.75 Å². The van der Waals surface area contributed by atoms with Crippen LogP contribution in [0.3, 0.4) is 0 Å². The standard InChI is InChI=1S/C6H5ClFNO/c7-4-1-3(10)2-5(8)6(4)9/h1-2,10H,9H2. The lowest BCUT2D eigenvalue weighted by atomic mass is 10.3. The molecule has 1 aromatic carbocycles. The molecule has 1 aromatic rings. The van der Waals surface area contributed by atoms with Crippen molar-refractivity contribution >= 4 is 17.3 Å². The average molecular weight is 162 g/mol. The number of phenols is 1. The second kappa shape index (κ2) is 2.34. The monoisotopic (exact) mass is 161 g/mol. The highest BCUT2D eigenvalue weighted by atomic mass is 35.5. The van der Waals surface area contributed by atoms with Crippen LogP contribution in [0.25, 0.3) is 0 Å². The zero-order valence-electron chi connectivity index (χ0n) is 4.94. The Morgan fingerprint density at radius 1 is 1.50 bits per heavy atom. The van der Waals surface area contributed by atoms with Gasteiger partial charge < -0.3 is 10.8 Å². The largest absolute Gasteiger partial charge is 0.508 e. The first kappa shape index (κ1) is 7.15. The van der Waals surface area contributed by atoms with Crippen molar-refractivity contribution in [1.29, 1.82) is 0 Å². The summed E-state index contributed by atoms with van der Waals surface area (Å²) in [4.78, 5) is 0. The molecule has 0 spiro atoms. The maximum atomic E-state index is 12.5. The second-order valence-corrected chi connectivity index (χ2v) is 2.23. The molecule has 0 radical (unpaired) electrons. The van der Waals surface area contributed by atoms with E-state index < -0.39 is 5.82 Å². The molecule has 0 fully saturated rings. The van der Waals surface area contributed by atoms with Crippen LogP contribution in [0, 0.1) is 5.82 Å². The van der Waals surface area contributed by atoms with Gasteiger partial charge in [0, 0.05) is 12.1 Å². The summed E-state index contributed by atoms with van der Waals surface area (Å²) in [5.74, 6) is -0.929. The van der Waals surface area contributed by atoms with Crippen molar-refractivity contribution in [3.05, 3.63) is 23.0 Å². The number of benzene rings is 1. The summed E-state index contributed by atoms with van der Waals surface area (Å²) >= 11 is 5.39. The fraction of sp³-hybridized carbons (Fsp3) is 0. The number of nitrogens with two attached hydrogens (primary N) is 1. The van der Waals surface area contributed by atoms with Crippen molar-refractivity contribution in [3.63, 3.8) is 0 Å². The van der Waals surface area contributed by atoms with E-state index in [1.807, 2.05) is 0 Å². The molecular weight excluding hydrogens is 157 g/mol. The number of anilines is 1. The van der Waals surface area contributed by atoms with Crippen LogP contribution in [0.1, 0.15) is 0 Å². The highest BCUT2D eigenvalue weighted by molar-refractivity contribution is 6.33. The Morgan fingerprint density at radius 3 is 2.60 bits per heavy atom. The Balaban J connectivity index is 3.31. The van der Waals surface area contributed by atoms with Crippen LogP contribution in [-0.4, -0.2) is 5.11 Å². The SMILES string of the molecule is Nc1c(F)cc(O)cc1Cl. The minimum absolute atomic E-state index is 0.0255. The number of aromatic hydroxyl groups is 1. The molecule has 0 aliphatic rings. The summed E-state index contributed by atoms with van der Waals surface area (Å²) < 4.78 is 12.5. The molecule has 0 saturated heterocycles. The van der Waals surface area contributed by atoms with E-state index >= 15 is 0 Å². The predicted molar refractivity (Wildman–Crippen MR) is 37.5 cm³/mol. The van der Waals surface area contributed by atoms with Gasteiger partial charge in [-0.1, -0.05) is 11.6 Å². The van der Waals surface area contributed by atoms with Crippen molar-refractivity contribution in [3.8, 4) is 5.75 Å². The van der Waals surface area contributed by atoms with Crippen molar-refractivity contribution in [2.24, 2.45) is 0 Å². The van der Waals surface area contributed by atoms with Gasteiger partial charge in [-0.3, -0.25) is 0 Å². The lowest BCUT2D eigenvalue weighted by Crippen LogP contribution is -1.90. The van der Waals surface area contributed by atoms with E-state index in [4.69, 9.17) is 22.4 Å². The van der Waals surface area contributed by atoms with Crippen molar-refractivity contribution in [2.45, 2.75) is 0 Å². The Morgan fingerprint density at radius 2 is 2.10 bits per heavy atom. The fourth-order valence-electron chi connectivity index (χ4n) is 0.571. The molecule has 2 nitrogen and oxygen atoms in total. The molecule has 10 heavy (non-hydrogen) atoms. The molecule has 54 valence electrons. The van der Waals surface area contributed by atoms with Gasteiger partial charge in [0.2, 0.25) is 0 Å². The van der Waals surface area contributed by atoms with E-state index in [1.54, 1.807) is 0 Å². The van der Waals surface area contributed by atoms with Gasteiger partial charge in [0.15, 0.2) is 5.82 Å². The summed E-state index contributed by atoms with van der Waals surface area (Å²) in [7, 11) is 0. The van der Waals surface area contributed by atoms with Gasteiger partial charge in [0.25, 0.3) is 0 Å². The van der Waals surface area contributed by atoms with E-state index in [1.165, 1.54) is 6.07 Å². The molecule has 0 saturated carbocycles. The molecule has 1 rings (SSSR count). The van der Waals surface area contributed by atoms with Crippen molar-refractivity contribution < 1.29 is 9.50 Å². The fourth-order valence-corrected chi connectivity index (χ4v) is 0.773. The molecule has 0 heterocycles. The minimum atomic E-state index is -0.704. The third kappa shape index (κ3) is 1.14. The van der Waals surface area contributed by atoms with Crippen LogP contribution in [0.15, 0.2) is 12.1 Å².